The van der Waals surface area contributed by atoms with Crippen LogP contribution in [0.2, 0.25) is 0 Å². The Morgan fingerprint density at radius 2 is 1.66 bits per heavy atom. The standard InChI is InChI=1S/C24H18O5/c1-15-6-2-4-8-20(15)28-23(26)17-12-10-16(11-13-17)14-19-22(25)18-7-3-5-9-21(18)29-24(19)27/h2-13,25H,14H2,1H3. The molecule has 5 heteroatoms. The lowest BCUT2D eigenvalue weighted by Crippen LogP contribution is -2.10. The van der Waals surface area contributed by atoms with Gasteiger partial charge in [0.1, 0.15) is 17.1 Å². The fourth-order valence-electron chi connectivity index (χ4n) is 3.12. The van der Waals surface area contributed by atoms with Crippen LogP contribution in [0.3, 0.4) is 0 Å². The van der Waals surface area contributed by atoms with Crippen molar-refractivity contribution in [2.24, 2.45) is 0 Å². The lowest BCUT2D eigenvalue weighted by Gasteiger charge is -2.08. The van der Waals surface area contributed by atoms with Crippen LogP contribution < -0.4 is 10.4 Å². The molecule has 0 radical (unpaired) electrons. The number of rotatable bonds is 4. The highest BCUT2D eigenvalue weighted by atomic mass is 16.5. The number of carbonyl (C=O) groups excluding carboxylic acids is 1. The Morgan fingerprint density at radius 3 is 2.41 bits per heavy atom. The summed E-state index contributed by atoms with van der Waals surface area (Å²) in [7, 11) is 0. The van der Waals surface area contributed by atoms with E-state index in [9.17, 15) is 14.7 Å². The molecule has 0 aliphatic heterocycles. The molecule has 0 atom stereocenters. The van der Waals surface area contributed by atoms with E-state index in [1.54, 1.807) is 60.7 Å². The van der Waals surface area contributed by atoms with Gasteiger partial charge in [0.15, 0.2) is 0 Å². The van der Waals surface area contributed by atoms with Crippen molar-refractivity contribution in [2.45, 2.75) is 13.3 Å². The lowest BCUT2D eigenvalue weighted by molar-refractivity contribution is 0.0733. The molecule has 0 amide bonds. The predicted molar refractivity (Wildman–Crippen MR) is 110 cm³/mol. The van der Waals surface area contributed by atoms with Gasteiger partial charge in [-0.3, -0.25) is 0 Å². The molecule has 0 spiro atoms. The Balaban J connectivity index is 1.56. The minimum atomic E-state index is -0.579. The first-order valence-corrected chi connectivity index (χ1v) is 9.13. The molecule has 0 aliphatic carbocycles. The Labute approximate surface area is 166 Å². The highest BCUT2D eigenvalue weighted by Crippen LogP contribution is 2.27. The third-order valence-electron chi connectivity index (χ3n) is 4.74. The molecule has 1 aromatic heterocycles. The van der Waals surface area contributed by atoms with E-state index in [4.69, 9.17) is 9.15 Å². The lowest BCUT2D eigenvalue weighted by atomic mass is 10.0. The van der Waals surface area contributed by atoms with Gasteiger partial charge in [0.2, 0.25) is 0 Å². The van der Waals surface area contributed by atoms with Gasteiger partial charge in [-0.15, -0.1) is 0 Å². The fraction of sp³-hybridized carbons (Fsp3) is 0.0833. The molecule has 144 valence electrons. The number of fused-ring (bicyclic) bond motifs is 1. The van der Waals surface area contributed by atoms with E-state index in [1.807, 2.05) is 19.1 Å². The highest BCUT2D eigenvalue weighted by Gasteiger charge is 2.15. The first-order valence-electron chi connectivity index (χ1n) is 9.13. The van der Waals surface area contributed by atoms with Crippen LogP contribution >= 0.6 is 0 Å². The molecule has 1 N–H and O–H groups in total. The van der Waals surface area contributed by atoms with Gasteiger partial charge in [-0.05, 0) is 48.4 Å². The summed E-state index contributed by atoms with van der Waals surface area (Å²) in [5.74, 6) is -0.0286. The maximum absolute atomic E-state index is 12.4. The van der Waals surface area contributed by atoms with Crippen LogP contribution in [0.1, 0.15) is 27.0 Å². The Hall–Kier alpha value is -3.86. The summed E-state index contributed by atoms with van der Waals surface area (Å²) in [6, 6.07) is 20.8. The number of carbonyl (C=O) groups is 1. The van der Waals surface area contributed by atoms with Gasteiger partial charge in [-0.1, -0.05) is 42.5 Å². The molecule has 29 heavy (non-hydrogen) atoms. The average molecular weight is 386 g/mol. The third kappa shape index (κ3) is 3.75. The van der Waals surface area contributed by atoms with Crippen LogP contribution in [0.4, 0.5) is 0 Å². The maximum Gasteiger partial charge on any atom is 0.343 e. The van der Waals surface area contributed by atoms with E-state index in [1.165, 1.54) is 0 Å². The molecule has 0 unspecified atom stereocenters. The van der Waals surface area contributed by atoms with Crippen LogP contribution in [-0.2, 0) is 6.42 Å². The van der Waals surface area contributed by atoms with E-state index in [0.29, 0.717) is 22.3 Å². The first kappa shape index (κ1) is 18.5. The van der Waals surface area contributed by atoms with Crippen LogP contribution in [-0.4, -0.2) is 11.1 Å². The molecule has 0 aliphatic rings. The summed E-state index contributed by atoms with van der Waals surface area (Å²) in [4.78, 5) is 24.6. The summed E-state index contributed by atoms with van der Waals surface area (Å²) < 4.78 is 10.7. The van der Waals surface area contributed by atoms with Crippen molar-refractivity contribution in [1.29, 1.82) is 0 Å². The van der Waals surface area contributed by atoms with Crippen molar-refractivity contribution in [3.8, 4) is 11.5 Å². The Kier molecular flexibility index (Phi) is 4.87. The zero-order valence-electron chi connectivity index (χ0n) is 15.7. The maximum atomic E-state index is 12.4. The Morgan fingerprint density at radius 1 is 0.966 bits per heavy atom. The topological polar surface area (TPSA) is 76.7 Å². The van der Waals surface area contributed by atoms with E-state index >= 15 is 0 Å². The summed E-state index contributed by atoms with van der Waals surface area (Å²) in [6.07, 6.45) is 0.187. The predicted octanol–water partition coefficient (Wildman–Crippen LogP) is 4.62. The molecule has 3 aromatic carbocycles. The third-order valence-corrected chi connectivity index (χ3v) is 4.74. The average Bonchev–Trinajstić information content (AvgIpc) is 2.73. The van der Waals surface area contributed by atoms with Crippen molar-refractivity contribution in [2.75, 3.05) is 0 Å². The number of aryl methyl sites for hydroxylation is 1. The van der Waals surface area contributed by atoms with Crippen molar-refractivity contribution in [3.05, 3.63) is 105 Å². The summed E-state index contributed by atoms with van der Waals surface area (Å²) >= 11 is 0. The highest BCUT2D eigenvalue weighted by molar-refractivity contribution is 5.91. The summed E-state index contributed by atoms with van der Waals surface area (Å²) in [6.45, 7) is 1.87. The number of para-hydroxylation sites is 2. The number of hydrogen-bond acceptors (Lipinski definition) is 5. The van der Waals surface area contributed by atoms with Crippen molar-refractivity contribution in [3.63, 3.8) is 0 Å². The molecule has 4 rings (SSSR count). The molecule has 0 bridgehead atoms. The summed E-state index contributed by atoms with van der Waals surface area (Å²) in [5, 5.41) is 11.0. The Bertz CT molecular complexity index is 1250. The van der Waals surface area contributed by atoms with Crippen molar-refractivity contribution in [1.82, 2.24) is 0 Å². The first-order chi connectivity index (χ1) is 14.0. The zero-order valence-corrected chi connectivity index (χ0v) is 15.7. The largest absolute Gasteiger partial charge is 0.507 e. The van der Waals surface area contributed by atoms with Gasteiger partial charge in [-0.2, -0.15) is 0 Å². The van der Waals surface area contributed by atoms with Gasteiger partial charge in [-0.25, -0.2) is 9.59 Å². The van der Waals surface area contributed by atoms with Gasteiger partial charge in [0.25, 0.3) is 0 Å². The van der Waals surface area contributed by atoms with Gasteiger partial charge >= 0.3 is 11.6 Å². The number of benzene rings is 3. The van der Waals surface area contributed by atoms with Gasteiger partial charge in [0.05, 0.1) is 16.5 Å². The number of ether oxygens (including phenoxy) is 1. The monoisotopic (exact) mass is 386 g/mol. The van der Waals surface area contributed by atoms with Crippen LogP contribution in [0.25, 0.3) is 11.0 Å². The number of esters is 1. The smallest absolute Gasteiger partial charge is 0.343 e. The molecule has 4 aromatic rings. The van der Waals surface area contributed by atoms with E-state index in [0.717, 1.165) is 11.1 Å². The molecular formula is C24H18O5. The molecule has 0 saturated heterocycles. The molecule has 0 saturated carbocycles. The molecular weight excluding hydrogens is 368 g/mol. The van der Waals surface area contributed by atoms with Crippen LogP contribution in [0.5, 0.6) is 11.5 Å². The SMILES string of the molecule is Cc1ccccc1OC(=O)c1ccc(Cc2c(O)c3ccccc3oc2=O)cc1. The van der Waals surface area contributed by atoms with Crippen molar-refractivity contribution >= 4 is 16.9 Å². The number of aromatic hydroxyl groups is 1. The molecule has 1 heterocycles. The minimum Gasteiger partial charge on any atom is -0.507 e. The summed E-state index contributed by atoms with van der Waals surface area (Å²) in [5.41, 5.74) is 1.97. The zero-order chi connectivity index (χ0) is 20.4. The number of hydrogen-bond donors (Lipinski definition) is 1. The van der Waals surface area contributed by atoms with E-state index < -0.39 is 11.6 Å². The van der Waals surface area contributed by atoms with E-state index in [2.05, 4.69) is 0 Å². The van der Waals surface area contributed by atoms with Crippen LogP contribution in [0, 0.1) is 6.92 Å². The molecule has 0 fully saturated rings. The van der Waals surface area contributed by atoms with Crippen LogP contribution in [0.15, 0.2) is 82.0 Å². The second-order valence-corrected chi connectivity index (χ2v) is 6.74. The van der Waals surface area contributed by atoms with E-state index in [-0.39, 0.29) is 17.7 Å². The minimum absolute atomic E-state index is 0.0834. The normalized spacial score (nSPS) is 10.8. The van der Waals surface area contributed by atoms with Gasteiger partial charge in [0, 0.05) is 6.42 Å². The molecule has 5 nitrogen and oxygen atoms in total. The fourth-order valence-corrected chi connectivity index (χ4v) is 3.12. The second kappa shape index (κ2) is 7.64. The quantitative estimate of drug-likeness (QED) is 0.315. The van der Waals surface area contributed by atoms with Crippen molar-refractivity contribution < 1.29 is 19.1 Å². The van der Waals surface area contributed by atoms with Gasteiger partial charge < -0.3 is 14.3 Å². The second-order valence-electron chi connectivity index (χ2n) is 6.74.